The second-order valence-electron chi connectivity index (χ2n) is 4.20. The van der Waals surface area contributed by atoms with Crippen molar-refractivity contribution in [1.29, 1.82) is 0 Å². The van der Waals surface area contributed by atoms with Crippen LogP contribution in [0.5, 0.6) is 0 Å². The minimum atomic E-state index is 0.239. The number of rotatable bonds is 3. The van der Waals surface area contributed by atoms with Gasteiger partial charge in [0.2, 0.25) is 0 Å². The first kappa shape index (κ1) is 10.6. The molecular formula is C10H18N4O. The van der Waals surface area contributed by atoms with Crippen LogP contribution < -0.4 is 0 Å². The Morgan fingerprint density at radius 2 is 2.40 bits per heavy atom. The van der Waals surface area contributed by atoms with E-state index in [1.54, 1.807) is 12.7 Å². The highest BCUT2D eigenvalue weighted by molar-refractivity contribution is 4.74. The summed E-state index contributed by atoms with van der Waals surface area (Å²) in [6, 6.07) is 0.590. The third-order valence-electron chi connectivity index (χ3n) is 2.76. The molecule has 0 aliphatic carbocycles. The summed E-state index contributed by atoms with van der Waals surface area (Å²) in [6.45, 7) is 8.07. The number of ether oxygens (including phenoxy) is 1. The van der Waals surface area contributed by atoms with Crippen LogP contribution in [0.3, 0.4) is 0 Å². The van der Waals surface area contributed by atoms with Gasteiger partial charge in [0.25, 0.3) is 0 Å². The SMILES string of the molecule is CC(C)N1CCOC(Cn2cncn2)C1. The number of morpholine rings is 1. The molecule has 5 heteroatoms. The van der Waals surface area contributed by atoms with E-state index in [1.807, 2.05) is 4.68 Å². The van der Waals surface area contributed by atoms with Gasteiger partial charge in [0, 0.05) is 19.1 Å². The Labute approximate surface area is 90.0 Å². The molecule has 2 rings (SSSR count). The average Bonchev–Trinajstić information content (AvgIpc) is 2.71. The van der Waals surface area contributed by atoms with Gasteiger partial charge in [-0.3, -0.25) is 9.58 Å². The molecule has 1 atom stereocenters. The Balaban J connectivity index is 1.88. The topological polar surface area (TPSA) is 43.2 Å². The predicted octanol–water partition coefficient (Wildman–Crippen LogP) is 0.387. The highest BCUT2D eigenvalue weighted by Gasteiger charge is 2.22. The van der Waals surface area contributed by atoms with Gasteiger partial charge < -0.3 is 4.74 Å². The van der Waals surface area contributed by atoms with E-state index in [9.17, 15) is 0 Å². The number of hydrogen-bond acceptors (Lipinski definition) is 4. The van der Waals surface area contributed by atoms with E-state index in [4.69, 9.17) is 4.74 Å². The quantitative estimate of drug-likeness (QED) is 0.723. The Kier molecular flexibility index (Phi) is 3.33. The van der Waals surface area contributed by atoms with Gasteiger partial charge in [-0.15, -0.1) is 0 Å². The van der Waals surface area contributed by atoms with E-state index in [-0.39, 0.29) is 6.10 Å². The van der Waals surface area contributed by atoms with Crippen LogP contribution in [0.4, 0.5) is 0 Å². The average molecular weight is 210 g/mol. The number of aromatic nitrogens is 3. The van der Waals surface area contributed by atoms with Crippen molar-refractivity contribution in [3.8, 4) is 0 Å². The van der Waals surface area contributed by atoms with E-state index in [1.165, 1.54) is 0 Å². The molecule has 2 heterocycles. The summed E-state index contributed by atoms with van der Waals surface area (Å²) in [5.41, 5.74) is 0. The van der Waals surface area contributed by atoms with Crippen molar-refractivity contribution in [2.45, 2.75) is 32.5 Å². The summed E-state index contributed by atoms with van der Waals surface area (Å²) in [5.74, 6) is 0. The van der Waals surface area contributed by atoms with E-state index < -0.39 is 0 Å². The zero-order valence-electron chi connectivity index (χ0n) is 9.33. The van der Waals surface area contributed by atoms with Crippen LogP contribution >= 0.6 is 0 Å². The molecule has 0 amide bonds. The van der Waals surface area contributed by atoms with Crippen molar-refractivity contribution in [3.63, 3.8) is 0 Å². The van der Waals surface area contributed by atoms with Crippen molar-refractivity contribution in [3.05, 3.63) is 12.7 Å². The fourth-order valence-electron chi connectivity index (χ4n) is 1.86. The van der Waals surface area contributed by atoms with Gasteiger partial charge >= 0.3 is 0 Å². The lowest BCUT2D eigenvalue weighted by Gasteiger charge is -2.35. The predicted molar refractivity (Wildman–Crippen MR) is 56.5 cm³/mol. The van der Waals surface area contributed by atoms with Crippen LogP contribution in [0.15, 0.2) is 12.7 Å². The molecule has 1 aliphatic heterocycles. The van der Waals surface area contributed by atoms with Crippen molar-refractivity contribution in [2.24, 2.45) is 0 Å². The van der Waals surface area contributed by atoms with Gasteiger partial charge in [-0.2, -0.15) is 5.10 Å². The highest BCUT2D eigenvalue weighted by atomic mass is 16.5. The molecule has 0 bridgehead atoms. The van der Waals surface area contributed by atoms with Crippen molar-refractivity contribution < 1.29 is 4.74 Å². The molecule has 0 aromatic carbocycles. The van der Waals surface area contributed by atoms with Gasteiger partial charge in [-0.25, -0.2) is 4.98 Å². The summed E-state index contributed by atoms with van der Waals surface area (Å²) in [4.78, 5) is 6.36. The first-order chi connectivity index (χ1) is 7.25. The molecule has 84 valence electrons. The lowest BCUT2D eigenvalue weighted by molar-refractivity contribution is -0.0470. The molecule has 1 saturated heterocycles. The van der Waals surface area contributed by atoms with Crippen LogP contribution in [-0.2, 0) is 11.3 Å². The lowest BCUT2D eigenvalue weighted by Crippen LogP contribution is -2.47. The standard InChI is InChI=1S/C10H18N4O/c1-9(2)13-3-4-15-10(5-13)6-14-8-11-7-12-14/h7-10H,3-6H2,1-2H3. The zero-order valence-corrected chi connectivity index (χ0v) is 9.33. The molecule has 1 fully saturated rings. The van der Waals surface area contributed by atoms with E-state index in [0.717, 1.165) is 26.2 Å². The van der Waals surface area contributed by atoms with Gasteiger partial charge in [0.15, 0.2) is 0 Å². The highest BCUT2D eigenvalue weighted by Crippen LogP contribution is 2.09. The molecule has 0 spiro atoms. The van der Waals surface area contributed by atoms with E-state index in [0.29, 0.717) is 6.04 Å². The Morgan fingerprint density at radius 1 is 1.53 bits per heavy atom. The maximum Gasteiger partial charge on any atom is 0.137 e. The Morgan fingerprint density at radius 3 is 3.07 bits per heavy atom. The molecular weight excluding hydrogens is 192 g/mol. The van der Waals surface area contributed by atoms with Crippen LogP contribution in [0.2, 0.25) is 0 Å². The lowest BCUT2D eigenvalue weighted by atomic mass is 10.2. The maximum absolute atomic E-state index is 5.70. The number of nitrogens with zero attached hydrogens (tertiary/aromatic N) is 4. The van der Waals surface area contributed by atoms with Gasteiger partial charge in [0.1, 0.15) is 12.7 Å². The second kappa shape index (κ2) is 4.72. The molecule has 5 nitrogen and oxygen atoms in total. The first-order valence-electron chi connectivity index (χ1n) is 5.44. The second-order valence-corrected chi connectivity index (χ2v) is 4.20. The fourth-order valence-corrected chi connectivity index (χ4v) is 1.86. The molecule has 0 saturated carbocycles. The minimum absolute atomic E-state index is 0.239. The smallest absolute Gasteiger partial charge is 0.137 e. The van der Waals surface area contributed by atoms with Crippen LogP contribution in [0.1, 0.15) is 13.8 Å². The van der Waals surface area contributed by atoms with Crippen molar-refractivity contribution in [1.82, 2.24) is 19.7 Å². The van der Waals surface area contributed by atoms with E-state index in [2.05, 4.69) is 28.8 Å². The first-order valence-corrected chi connectivity index (χ1v) is 5.44. The Bertz CT molecular complexity index is 286. The monoisotopic (exact) mass is 210 g/mol. The van der Waals surface area contributed by atoms with Crippen LogP contribution in [-0.4, -0.2) is 51.5 Å². The normalized spacial score (nSPS) is 23.5. The number of hydrogen-bond donors (Lipinski definition) is 0. The molecule has 1 aromatic heterocycles. The third-order valence-corrected chi connectivity index (χ3v) is 2.76. The molecule has 0 N–H and O–H groups in total. The summed E-state index contributed by atoms with van der Waals surface area (Å²) in [6.07, 6.45) is 3.53. The molecule has 0 radical (unpaired) electrons. The largest absolute Gasteiger partial charge is 0.374 e. The van der Waals surface area contributed by atoms with Crippen molar-refractivity contribution >= 4 is 0 Å². The third kappa shape index (κ3) is 2.76. The summed E-state index contributed by atoms with van der Waals surface area (Å²) < 4.78 is 7.53. The fraction of sp³-hybridized carbons (Fsp3) is 0.800. The summed E-state index contributed by atoms with van der Waals surface area (Å²) in [7, 11) is 0. The summed E-state index contributed by atoms with van der Waals surface area (Å²) >= 11 is 0. The molecule has 1 unspecified atom stereocenters. The Hall–Kier alpha value is -0.940. The van der Waals surface area contributed by atoms with Gasteiger partial charge in [-0.05, 0) is 13.8 Å². The van der Waals surface area contributed by atoms with Crippen LogP contribution in [0.25, 0.3) is 0 Å². The molecule has 1 aliphatic rings. The minimum Gasteiger partial charge on any atom is -0.374 e. The zero-order chi connectivity index (χ0) is 10.7. The van der Waals surface area contributed by atoms with E-state index >= 15 is 0 Å². The van der Waals surface area contributed by atoms with Gasteiger partial charge in [-0.1, -0.05) is 0 Å². The maximum atomic E-state index is 5.70. The molecule has 1 aromatic rings. The van der Waals surface area contributed by atoms with Crippen LogP contribution in [0, 0.1) is 0 Å². The molecule has 15 heavy (non-hydrogen) atoms. The van der Waals surface area contributed by atoms with Gasteiger partial charge in [0.05, 0.1) is 19.3 Å². The summed E-state index contributed by atoms with van der Waals surface area (Å²) in [5, 5.41) is 4.09. The van der Waals surface area contributed by atoms with Crippen molar-refractivity contribution in [2.75, 3.05) is 19.7 Å².